The zero-order chi connectivity index (χ0) is 89.7. The molecule has 3 amide bonds. The largest absolute Gasteiger partial charge is 0.444 e. The molecule has 32 nitrogen and oxygen atoms in total. The molecular weight excluding hydrogens is 1690 g/mol. The van der Waals surface area contributed by atoms with Gasteiger partial charge in [-0.15, -0.1) is 11.6 Å². The highest BCUT2D eigenvalue weighted by Crippen LogP contribution is 2.44. The van der Waals surface area contributed by atoms with Crippen molar-refractivity contribution in [3.05, 3.63) is 140 Å². The fourth-order valence-electron chi connectivity index (χ4n) is 15.5. The van der Waals surface area contributed by atoms with E-state index in [9.17, 15) is 48.4 Å². The predicted octanol–water partition coefficient (Wildman–Crippen LogP) is 12.2. The maximum atomic E-state index is 13.5. The third kappa shape index (κ3) is 19.6. The second-order valence-electron chi connectivity index (χ2n) is 31.9. The summed E-state index contributed by atoms with van der Waals surface area (Å²) >= 11 is 9.09. The molecule has 0 bridgehead atoms. The van der Waals surface area contributed by atoms with E-state index in [1.807, 2.05) is 112 Å². The van der Waals surface area contributed by atoms with E-state index in [0.29, 0.717) is 159 Å². The van der Waals surface area contributed by atoms with Gasteiger partial charge in [-0.05, 0) is 153 Å². The van der Waals surface area contributed by atoms with Gasteiger partial charge in [0.05, 0.1) is 69.1 Å². The Hall–Kier alpha value is -12.2. The first-order chi connectivity index (χ1) is 60.5. The van der Waals surface area contributed by atoms with E-state index < -0.39 is 11.7 Å². The van der Waals surface area contributed by atoms with E-state index >= 15 is 0 Å². The summed E-state index contributed by atoms with van der Waals surface area (Å²) in [6.07, 6.45) is -1.01. The maximum absolute atomic E-state index is 13.5. The van der Waals surface area contributed by atoms with Gasteiger partial charge >= 0.3 is 6.09 Å². The van der Waals surface area contributed by atoms with Crippen LogP contribution >= 0.6 is 45.6 Å². The number of carbonyl (C=O) groups excluding carboxylic acids is 3. The molecule has 9 aromatic heterocycles. The van der Waals surface area contributed by atoms with E-state index in [2.05, 4.69) is 61.3 Å². The Morgan fingerprint density at radius 1 is 0.492 bits per heavy atom. The molecule has 0 radical (unpaired) electrons. The van der Waals surface area contributed by atoms with Crippen LogP contribution in [0.1, 0.15) is 73.3 Å². The highest BCUT2D eigenvalue weighted by Gasteiger charge is 2.35. The van der Waals surface area contributed by atoms with Crippen LogP contribution in [0.2, 0.25) is 0 Å². The summed E-state index contributed by atoms with van der Waals surface area (Å²) in [6, 6.07) is 31.1. The number of nitrogens with zero attached hydrogens (tertiary/aromatic N) is 25. The SMILES string of the molecule is CCn1nc2nc(C)c(N3CCN(C(=O)OC(C)(C)C)CC3)cc2c1N(C)c1nc(-c2ccc(F)cc2)c(C#N)s1.CCn1nc2nc(C)c(N3CCN(CC(=O)N4CC(O)C4)CC3)cc2c1N(C)c1nc(-c2ccc(F)cc2)c(C#N)s1.CCn1nc2nc(C)c(N3CCNCC3)cc2c1N(C)c1nc(-c2ccc(F)cc2)c(C#N)s1.O=C(CCl)N1CC(O)C1. The number of β-amino-alcohol motifs (C(OH)–C–C–N with tert-alkyl or cyclic N) is 2. The van der Waals surface area contributed by atoms with Gasteiger partial charge in [-0.1, -0.05) is 34.0 Å². The molecule has 39 heteroatoms. The summed E-state index contributed by atoms with van der Waals surface area (Å²) in [5.74, 6) is 1.50. The summed E-state index contributed by atoms with van der Waals surface area (Å²) in [7, 11) is 5.74. The Morgan fingerprint density at radius 3 is 1.11 bits per heavy atom. The highest BCUT2D eigenvalue weighted by molar-refractivity contribution is 7.17. The molecule has 0 saturated carbocycles. The maximum Gasteiger partial charge on any atom is 0.410 e. The normalized spacial score (nSPS) is 15.0. The average molecular weight is 1790 g/mol. The van der Waals surface area contributed by atoms with Crippen LogP contribution in [-0.2, 0) is 34.0 Å². The van der Waals surface area contributed by atoms with Crippen LogP contribution < -0.4 is 34.7 Å². The van der Waals surface area contributed by atoms with Gasteiger partial charge < -0.3 is 64.4 Å². The van der Waals surface area contributed by atoms with E-state index in [1.165, 1.54) is 75.3 Å². The Balaban J connectivity index is 0.000000146. The van der Waals surface area contributed by atoms with Crippen molar-refractivity contribution in [1.82, 2.24) is 84.2 Å². The average Bonchev–Trinajstić information content (AvgIpc) is 1.61. The number of benzene rings is 3. The molecule has 3 aromatic carbocycles. The van der Waals surface area contributed by atoms with Crippen molar-refractivity contribution in [2.45, 2.75) is 99.8 Å². The van der Waals surface area contributed by atoms with Crippen LogP contribution in [0.25, 0.3) is 66.9 Å². The standard InChI is InChI=1S/C29H32FN9O2S.C29H33FN8O2S.C24H25FN8S.C5H8ClNO2/c1-4-39-28(35(3)29-33-26(24(14-31)42-29)19-5-7-20(30)8-6-19)22-13-23(18(2)32-27(22)34-39)37-11-9-36(10-12-37)17-25(41)38-15-21(40)16-38;1-7-38-26(35(6)27-33-24(23(17-31)41-27)19-8-10-20(30)11-9-19)21-16-22(18(2)32-25(21)34-38)36-12-14-37(15-13-36)28(39)40-29(3,4)5;1-4-33-23(18-13-19(15(2)28-22(18)30-33)32-11-9-27-10-12-32)31(3)24-29-21(20(14-26)34-24)16-5-7-17(25)8-6-16;6-1-5(9)7-2-4(8)3-7/h5-8,13,21,40H,4,9-12,15-17H2,1-3H3;8-11,16H,7,12-15H2,1-6H3;5-8,13,27H,4,9-12H2,1-3H3;4,8H,1-3H2. The molecule has 17 rings (SSSR count). The number of carbonyl (C=O) groups is 3. The van der Waals surface area contributed by atoms with Crippen LogP contribution in [0.5, 0.6) is 0 Å². The fraction of sp³-hybridized carbons (Fsp3) is 0.414. The van der Waals surface area contributed by atoms with Crippen molar-refractivity contribution in [3.8, 4) is 52.0 Å². The lowest BCUT2D eigenvalue weighted by Gasteiger charge is -2.40. The molecule has 5 fully saturated rings. The number of thiazole rings is 3. The lowest BCUT2D eigenvalue weighted by atomic mass is 10.1. The third-order valence-corrected chi connectivity index (χ3v) is 25.5. The predicted molar refractivity (Wildman–Crippen MR) is 484 cm³/mol. The van der Waals surface area contributed by atoms with Crippen molar-refractivity contribution < 1.29 is 42.5 Å². The van der Waals surface area contributed by atoms with Gasteiger partial charge in [0, 0.05) is 162 Å². The molecule has 0 spiro atoms. The number of nitrogens with one attached hydrogen (secondary N) is 1. The number of fused-ring (bicyclic) bond motifs is 3. The summed E-state index contributed by atoms with van der Waals surface area (Å²) in [5.41, 5.74) is 10.9. The van der Waals surface area contributed by atoms with Gasteiger partial charge in [-0.25, -0.2) is 61.9 Å². The molecule has 5 saturated heterocycles. The number of ether oxygens (including phenoxy) is 1. The quantitative estimate of drug-likeness (QED) is 0.0672. The van der Waals surface area contributed by atoms with E-state index in [1.54, 1.807) is 46.2 Å². The molecule has 0 atom stereocenters. The second-order valence-corrected chi connectivity index (χ2v) is 35.1. The number of hydrogen-bond donors (Lipinski definition) is 3. The molecule has 0 aliphatic carbocycles. The number of halogens is 4. The number of amides is 3. The summed E-state index contributed by atoms with van der Waals surface area (Å²) < 4.78 is 51.7. The van der Waals surface area contributed by atoms with Gasteiger partial charge in [-0.2, -0.15) is 31.1 Å². The van der Waals surface area contributed by atoms with E-state index in [0.717, 1.165) is 120 Å². The number of nitriles is 3. The lowest BCUT2D eigenvalue weighted by Crippen LogP contribution is -2.57. The van der Waals surface area contributed by atoms with Crippen LogP contribution in [0, 0.1) is 72.2 Å². The van der Waals surface area contributed by atoms with Gasteiger partial charge in [0.2, 0.25) is 11.8 Å². The van der Waals surface area contributed by atoms with Gasteiger partial charge in [0.25, 0.3) is 0 Å². The van der Waals surface area contributed by atoms with Crippen LogP contribution in [0.3, 0.4) is 0 Å². The molecule has 12 aromatic rings. The molecule has 14 heterocycles. The highest BCUT2D eigenvalue weighted by atomic mass is 35.5. The number of piperazine rings is 3. The number of aryl methyl sites for hydroxylation is 6. The van der Waals surface area contributed by atoms with Crippen LogP contribution in [0.4, 0.5) is 67.9 Å². The zero-order valence-electron chi connectivity index (χ0n) is 72.1. The number of rotatable bonds is 18. The minimum absolute atomic E-state index is 0.0206. The lowest BCUT2D eigenvalue weighted by molar-refractivity contribution is -0.142. The van der Waals surface area contributed by atoms with Crippen molar-refractivity contribution in [2.75, 3.05) is 168 Å². The monoisotopic (exact) mass is 1790 g/mol. The molecule has 5 aliphatic rings. The minimum Gasteiger partial charge on any atom is -0.444 e. The number of pyridine rings is 3. The van der Waals surface area contributed by atoms with Crippen molar-refractivity contribution >= 4 is 147 Å². The van der Waals surface area contributed by atoms with Crippen molar-refractivity contribution in [2.24, 2.45) is 0 Å². The Bertz CT molecular complexity index is 6100. The third-order valence-electron chi connectivity index (χ3n) is 22.2. The Labute approximate surface area is 744 Å². The fourth-order valence-corrected chi connectivity index (χ4v) is 18.2. The topological polar surface area (TPSA) is 348 Å². The number of aromatic nitrogens is 12. The number of anilines is 9. The number of alkyl halides is 1. The minimum atomic E-state index is -0.535. The van der Waals surface area contributed by atoms with Gasteiger partial charge in [-0.3, -0.25) is 14.5 Å². The number of hydrogen-bond acceptors (Lipinski definition) is 29. The van der Waals surface area contributed by atoms with Gasteiger partial charge in [0.15, 0.2) is 32.3 Å². The van der Waals surface area contributed by atoms with Gasteiger partial charge in [0.1, 0.15) is 96.3 Å². The first-order valence-corrected chi connectivity index (χ1v) is 44.5. The number of likely N-dealkylation sites (tertiary alicyclic amines) is 2. The molecule has 658 valence electrons. The van der Waals surface area contributed by atoms with Crippen LogP contribution in [-0.4, -0.2) is 263 Å². The molecule has 3 N–H and O–H groups in total. The number of aliphatic hydroxyl groups is 2. The first-order valence-electron chi connectivity index (χ1n) is 41.5. The van der Waals surface area contributed by atoms with Crippen molar-refractivity contribution in [3.63, 3.8) is 0 Å². The summed E-state index contributed by atoms with van der Waals surface area (Å²) in [6.45, 7) is 30.9. The first kappa shape index (κ1) is 90.1. The molecule has 126 heavy (non-hydrogen) atoms. The Morgan fingerprint density at radius 2 is 0.810 bits per heavy atom. The van der Waals surface area contributed by atoms with E-state index in [4.69, 9.17) is 66.6 Å². The smallest absolute Gasteiger partial charge is 0.410 e. The molecule has 0 unspecified atom stereocenters. The summed E-state index contributed by atoms with van der Waals surface area (Å²) in [5, 5.41) is 69.8. The van der Waals surface area contributed by atoms with Crippen LogP contribution in [0.15, 0.2) is 91.0 Å². The second kappa shape index (κ2) is 38.7. The van der Waals surface area contributed by atoms with Crippen molar-refractivity contribution in [1.29, 1.82) is 15.8 Å². The molecular formula is C87H98ClF3N26O6S3. The number of aliphatic hydroxyl groups excluding tert-OH is 2. The zero-order valence-corrected chi connectivity index (χ0v) is 75.3. The van der Waals surface area contributed by atoms with E-state index in [-0.39, 0.29) is 47.3 Å². The molecule has 5 aliphatic heterocycles. The summed E-state index contributed by atoms with van der Waals surface area (Å²) in [4.78, 5) is 85.8. The Kier molecular flexibility index (Phi) is 27.7.